The summed E-state index contributed by atoms with van der Waals surface area (Å²) in [7, 11) is 0. The largest absolute Gasteiger partial charge is 0.486 e. The number of hydrogen-bond acceptors (Lipinski definition) is 6. The summed E-state index contributed by atoms with van der Waals surface area (Å²) in [6, 6.07) is 16.4. The summed E-state index contributed by atoms with van der Waals surface area (Å²) in [4.78, 5) is 29.6. The highest BCUT2D eigenvalue weighted by molar-refractivity contribution is 5.92. The molecule has 0 unspecified atom stereocenters. The predicted octanol–water partition coefficient (Wildman–Crippen LogP) is 3.40. The second-order valence-electron chi connectivity index (χ2n) is 7.85. The van der Waals surface area contributed by atoms with Gasteiger partial charge in [-0.05, 0) is 42.8 Å². The Morgan fingerprint density at radius 2 is 1.85 bits per heavy atom. The van der Waals surface area contributed by atoms with Crippen LogP contribution in [0.2, 0.25) is 0 Å². The minimum Gasteiger partial charge on any atom is -0.486 e. The Morgan fingerprint density at radius 3 is 2.71 bits per heavy atom. The number of para-hydroxylation sites is 2. The third-order valence-corrected chi connectivity index (χ3v) is 5.47. The Hall–Kier alpha value is -4.27. The molecule has 1 aliphatic heterocycles. The van der Waals surface area contributed by atoms with Crippen LogP contribution in [0.25, 0.3) is 11.0 Å². The van der Waals surface area contributed by atoms with Crippen molar-refractivity contribution in [2.24, 2.45) is 0 Å². The van der Waals surface area contributed by atoms with Crippen LogP contribution >= 0.6 is 0 Å². The molecule has 0 saturated heterocycles. The molecule has 0 aliphatic carbocycles. The van der Waals surface area contributed by atoms with Crippen molar-refractivity contribution < 1.29 is 23.5 Å². The van der Waals surface area contributed by atoms with Crippen molar-refractivity contribution in [1.82, 2.24) is 14.9 Å². The molecule has 3 heterocycles. The number of benzene rings is 2. The molecular weight excluding hydrogens is 436 g/mol. The van der Waals surface area contributed by atoms with E-state index in [9.17, 15) is 9.59 Å². The van der Waals surface area contributed by atoms with Crippen molar-refractivity contribution in [2.75, 3.05) is 25.1 Å². The van der Waals surface area contributed by atoms with E-state index in [0.29, 0.717) is 49.8 Å². The van der Waals surface area contributed by atoms with Gasteiger partial charge in [-0.3, -0.25) is 9.59 Å². The van der Waals surface area contributed by atoms with Crippen LogP contribution in [0.4, 0.5) is 5.69 Å². The molecule has 0 saturated carbocycles. The first-order valence-corrected chi connectivity index (χ1v) is 11.1. The number of amides is 2. The number of carbonyl (C=O) groups is 2. The number of anilines is 1. The van der Waals surface area contributed by atoms with Gasteiger partial charge in [-0.15, -0.1) is 0 Å². The van der Waals surface area contributed by atoms with Crippen molar-refractivity contribution in [3.63, 3.8) is 0 Å². The lowest BCUT2D eigenvalue weighted by molar-refractivity contribution is -0.116. The molecule has 1 aliphatic rings. The molecule has 2 N–H and O–H groups in total. The van der Waals surface area contributed by atoms with E-state index in [2.05, 4.69) is 10.6 Å². The number of fused-ring (bicyclic) bond motifs is 2. The van der Waals surface area contributed by atoms with E-state index in [0.717, 1.165) is 16.9 Å². The lowest BCUT2D eigenvalue weighted by Gasteiger charge is -2.19. The first-order valence-electron chi connectivity index (χ1n) is 11.1. The molecule has 0 radical (unpaired) electrons. The van der Waals surface area contributed by atoms with E-state index in [4.69, 9.17) is 18.9 Å². The number of aromatic nitrogens is 2. The maximum atomic E-state index is 12.9. The zero-order valence-corrected chi connectivity index (χ0v) is 18.5. The standard InChI is InChI=1S/C25H24N4O5/c30-24(27-17-9-10-20-22(15-17)34-14-13-33-20)16-29-19-6-2-1-5-18(19)28-23(29)8-3-11-26-25(31)21-7-4-12-32-21/h1-2,4-7,9-10,12,15H,3,8,11,13-14,16H2,(H,26,31)(H,27,30). The Balaban J connectivity index is 1.25. The molecule has 9 nitrogen and oxygen atoms in total. The lowest BCUT2D eigenvalue weighted by atomic mass is 10.2. The van der Waals surface area contributed by atoms with Crippen molar-refractivity contribution >= 4 is 28.5 Å². The zero-order valence-electron chi connectivity index (χ0n) is 18.5. The van der Waals surface area contributed by atoms with Gasteiger partial charge in [0.2, 0.25) is 5.91 Å². The van der Waals surface area contributed by atoms with Gasteiger partial charge in [-0.25, -0.2) is 4.98 Å². The second kappa shape index (κ2) is 9.70. The number of aryl methyl sites for hydroxylation is 1. The molecule has 174 valence electrons. The van der Waals surface area contributed by atoms with E-state index in [1.165, 1.54) is 6.26 Å². The van der Waals surface area contributed by atoms with Crippen LogP contribution in [-0.4, -0.2) is 41.1 Å². The van der Waals surface area contributed by atoms with Crippen molar-refractivity contribution in [3.8, 4) is 11.5 Å². The third-order valence-electron chi connectivity index (χ3n) is 5.47. The van der Waals surface area contributed by atoms with Gasteiger partial charge < -0.3 is 29.1 Å². The van der Waals surface area contributed by atoms with Crippen LogP contribution in [0.5, 0.6) is 11.5 Å². The molecule has 5 rings (SSSR count). The van der Waals surface area contributed by atoms with E-state index in [1.54, 1.807) is 30.3 Å². The fourth-order valence-electron chi connectivity index (χ4n) is 3.90. The summed E-state index contributed by atoms with van der Waals surface area (Å²) in [5.74, 6) is 1.93. The molecule has 2 aromatic carbocycles. The summed E-state index contributed by atoms with van der Waals surface area (Å²) in [5, 5.41) is 5.77. The lowest BCUT2D eigenvalue weighted by Crippen LogP contribution is -2.25. The summed E-state index contributed by atoms with van der Waals surface area (Å²) in [5.41, 5.74) is 2.35. The minimum absolute atomic E-state index is 0.114. The first kappa shape index (κ1) is 21.6. The van der Waals surface area contributed by atoms with Gasteiger partial charge in [0.05, 0.1) is 17.3 Å². The first-order chi connectivity index (χ1) is 16.7. The summed E-state index contributed by atoms with van der Waals surface area (Å²) in [6.07, 6.45) is 2.73. The van der Waals surface area contributed by atoms with Crippen LogP contribution in [0, 0.1) is 0 Å². The zero-order chi connectivity index (χ0) is 23.3. The number of nitrogens with one attached hydrogen (secondary N) is 2. The number of hydrogen-bond donors (Lipinski definition) is 2. The van der Waals surface area contributed by atoms with Crippen LogP contribution < -0.4 is 20.1 Å². The molecule has 0 spiro atoms. The SMILES string of the molecule is O=C(Cn1c(CCCNC(=O)c2ccco2)nc2ccccc21)Nc1ccc2c(c1)OCCO2. The topological polar surface area (TPSA) is 108 Å². The van der Waals surface area contributed by atoms with E-state index >= 15 is 0 Å². The number of rotatable bonds is 8. The van der Waals surface area contributed by atoms with Gasteiger partial charge in [0, 0.05) is 24.7 Å². The summed E-state index contributed by atoms with van der Waals surface area (Å²) >= 11 is 0. The van der Waals surface area contributed by atoms with Crippen LogP contribution in [-0.2, 0) is 17.8 Å². The van der Waals surface area contributed by atoms with Gasteiger partial charge in [0.1, 0.15) is 25.6 Å². The molecule has 0 atom stereocenters. The van der Waals surface area contributed by atoms with Gasteiger partial charge in [-0.1, -0.05) is 12.1 Å². The van der Waals surface area contributed by atoms with E-state index in [1.807, 2.05) is 28.8 Å². The number of ether oxygens (including phenoxy) is 2. The summed E-state index contributed by atoms with van der Waals surface area (Å²) in [6.45, 7) is 1.58. The average molecular weight is 460 g/mol. The van der Waals surface area contributed by atoms with Crippen molar-refractivity contribution in [2.45, 2.75) is 19.4 Å². The Morgan fingerprint density at radius 1 is 1.00 bits per heavy atom. The molecule has 4 aromatic rings. The molecule has 34 heavy (non-hydrogen) atoms. The molecular formula is C25H24N4O5. The summed E-state index contributed by atoms with van der Waals surface area (Å²) < 4.78 is 18.1. The fourth-order valence-corrected chi connectivity index (χ4v) is 3.90. The van der Waals surface area contributed by atoms with Gasteiger partial charge in [0.25, 0.3) is 5.91 Å². The molecule has 0 bridgehead atoms. The van der Waals surface area contributed by atoms with Gasteiger partial charge in [0.15, 0.2) is 17.3 Å². The monoisotopic (exact) mass is 460 g/mol. The average Bonchev–Trinajstić information content (AvgIpc) is 3.51. The quantitative estimate of drug-likeness (QED) is 0.390. The van der Waals surface area contributed by atoms with Gasteiger partial charge in [-0.2, -0.15) is 0 Å². The predicted molar refractivity (Wildman–Crippen MR) is 125 cm³/mol. The highest BCUT2D eigenvalue weighted by atomic mass is 16.6. The normalized spacial score (nSPS) is 12.5. The highest BCUT2D eigenvalue weighted by Gasteiger charge is 2.16. The smallest absolute Gasteiger partial charge is 0.286 e. The maximum absolute atomic E-state index is 12.9. The van der Waals surface area contributed by atoms with Crippen molar-refractivity contribution in [1.29, 1.82) is 0 Å². The van der Waals surface area contributed by atoms with Crippen LogP contribution in [0.3, 0.4) is 0 Å². The number of carbonyl (C=O) groups excluding carboxylic acids is 2. The van der Waals surface area contributed by atoms with Crippen LogP contribution in [0.15, 0.2) is 65.3 Å². The molecule has 2 aromatic heterocycles. The third kappa shape index (κ3) is 4.73. The highest BCUT2D eigenvalue weighted by Crippen LogP contribution is 2.32. The minimum atomic E-state index is -0.252. The molecule has 2 amide bonds. The number of nitrogens with zero attached hydrogens (tertiary/aromatic N) is 2. The van der Waals surface area contributed by atoms with E-state index in [-0.39, 0.29) is 24.1 Å². The Labute approximate surface area is 195 Å². The number of furan rings is 1. The van der Waals surface area contributed by atoms with Crippen LogP contribution in [0.1, 0.15) is 22.8 Å². The van der Waals surface area contributed by atoms with Gasteiger partial charge >= 0.3 is 0 Å². The van der Waals surface area contributed by atoms with E-state index < -0.39 is 0 Å². The number of imidazole rings is 1. The Kier molecular flexibility index (Phi) is 6.15. The second-order valence-corrected chi connectivity index (χ2v) is 7.85. The fraction of sp³-hybridized carbons (Fsp3) is 0.240. The maximum Gasteiger partial charge on any atom is 0.286 e. The Bertz CT molecular complexity index is 1310. The molecule has 9 heteroatoms. The van der Waals surface area contributed by atoms with Crippen molar-refractivity contribution in [3.05, 3.63) is 72.4 Å². The molecule has 0 fully saturated rings.